The largest absolute Gasteiger partial charge is 0.352 e. The number of carbonyl (C=O) groups is 1. The normalized spacial score (nSPS) is 9.06. The lowest BCUT2D eigenvalue weighted by Gasteiger charge is -2.04. The highest BCUT2D eigenvalue weighted by Crippen LogP contribution is 2.03. The summed E-state index contributed by atoms with van der Waals surface area (Å²) in [6, 6.07) is 6.97. The van der Waals surface area contributed by atoms with Crippen molar-refractivity contribution in [2.45, 2.75) is 19.3 Å². The predicted octanol–water partition coefficient (Wildman–Crippen LogP) is 2.20. The van der Waals surface area contributed by atoms with Crippen LogP contribution in [0.4, 0.5) is 0 Å². The standard InChI is InChI=1S/C15H15NO/c1-3-5-6-7-12-16-15(17)14-10-8-13(4-2)9-11-14/h1-2,8-11H,5-7,12H2,(H,16,17). The van der Waals surface area contributed by atoms with Gasteiger partial charge in [0.25, 0.3) is 5.91 Å². The van der Waals surface area contributed by atoms with E-state index in [1.54, 1.807) is 24.3 Å². The van der Waals surface area contributed by atoms with Gasteiger partial charge in [-0.3, -0.25) is 4.79 Å². The van der Waals surface area contributed by atoms with E-state index in [0.29, 0.717) is 12.1 Å². The van der Waals surface area contributed by atoms with Gasteiger partial charge >= 0.3 is 0 Å². The van der Waals surface area contributed by atoms with Gasteiger partial charge in [-0.15, -0.1) is 18.8 Å². The third-order valence-corrected chi connectivity index (χ3v) is 2.35. The third kappa shape index (κ3) is 4.45. The summed E-state index contributed by atoms with van der Waals surface area (Å²) in [4.78, 5) is 11.7. The fourth-order valence-electron chi connectivity index (χ4n) is 1.37. The van der Waals surface area contributed by atoms with Gasteiger partial charge < -0.3 is 5.32 Å². The van der Waals surface area contributed by atoms with Crippen LogP contribution in [-0.4, -0.2) is 12.5 Å². The van der Waals surface area contributed by atoms with Crippen molar-refractivity contribution < 1.29 is 4.79 Å². The first-order chi connectivity index (χ1) is 8.27. The van der Waals surface area contributed by atoms with Gasteiger partial charge in [-0.1, -0.05) is 5.92 Å². The topological polar surface area (TPSA) is 29.1 Å². The first-order valence-corrected chi connectivity index (χ1v) is 5.56. The number of nitrogens with one attached hydrogen (secondary N) is 1. The molecule has 1 N–H and O–H groups in total. The molecule has 0 fully saturated rings. The molecule has 0 aliphatic rings. The van der Waals surface area contributed by atoms with E-state index >= 15 is 0 Å². The molecule has 0 radical (unpaired) electrons. The van der Waals surface area contributed by atoms with Crippen molar-refractivity contribution in [2.24, 2.45) is 0 Å². The number of amides is 1. The van der Waals surface area contributed by atoms with E-state index in [2.05, 4.69) is 17.2 Å². The van der Waals surface area contributed by atoms with Crippen LogP contribution in [0.2, 0.25) is 0 Å². The minimum atomic E-state index is -0.0747. The van der Waals surface area contributed by atoms with E-state index < -0.39 is 0 Å². The number of terminal acetylenes is 2. The average Bonchev–Trinajstić information content (AvgIpc) is 2.38. The van der Waals surface area contributed by atoms with Crippen molar-refractivity contribution in [1.82, 2.24) is 5.32 Å². The smallest absolute Gasteiger partial charge is 0.251 e. The molecule has 0 unspecified atom stereocenters. The Balaban J connectivity index is 2.37. The quantitative estimate of drug-likeness (QED) is 0.604. The van der Waals surface area contributed by atoms with E-state index in [4.69, 9.17) is 12.8 Å². The number of benzene rings is 1. The van der Waals surface area contributed by atoms with Gasteiger partial charge in [0, 0.05) is 24.1 Å². The molecule has 1 aromatic rings. The first-order valence-electron chi connectivity index (χ1n) is 5.56. The maximum absolute atomic E-state index is 11.7. The van der Waals surface area contributed by atoms with Crippen LogP contribution < -0.4 is 5.32 Å². The van der Waals surface area contributed by atoms with Crippen molar-refractivity contribution in [3.05, 3.63) is 35.4 Å². The molecule has 0 bridgehead atoms. The van der Waals surface area contributed by atoms with Crippen LogP contribution in [-0.2, 0) is 0 Å². The summed E-state index contributed by atoms with van der Waals surface area (Å²) in [5.41, 5.74) is 1.40. The Hall–Kier alpha value is -2.19. The fourth-order valence-corrected chi connectivity index (χ4v) is 1.37. The van der Waals surface area contributed by atoms with E-state index in [1.807, 2.05) is 0 Å². The summed E-state index contributed by atoms with van der Waals surface area (Å²) in [6.07, 6.45) is 13.0. The Labute approximate surface area is 102 Å². The molecular formula is C15H15NO. The zero-order valence-electron chi connectivity index (χ0n) is 9.70. The minimum absolute atomic E-state index is 0.0747. The van der Waals surface area contributed by atoms with Crippen LogP contribution in [0, 0.1) is 24.7 Å². The second kappa shape index (κ2) is 7.14. The van der Waals surface area contributed by atoms with E-state index in [1.165, 1.54) is 0 Å². The van der Waals surface area contributed by atoms with Gasteiger partial charge in [0.2, 0.25) is 0 Å². The third-order valence-electron chi connectivity index (χ3n) is 2.35. The molecule has 1 aromatic carbocycles. The number of carbonyl (C=O) groups excluding carboxylic acids is 1. The fraction of sp³-hybridized carbons (Fsp3) is 0.267. The molecule has 0 aromatic heterocycles. The molecule has 1 amide bonds. The van der Waals surface area contributed by atoms with Crippen LogP contribution in [0.1, 0.15) is 35.2 Å². The number of hydrogen-bond donors (Lipinski definition) is 1. The summed E-state index contributed by atoms with van der Waals surface area (Å²) in [5, 5.41) is 2.84. The van der Waals surface area contributed by atoms with Crippen LogP contribution in [0.3, 0.4) is 0 Å². The van der Waals surface area contributed by atoms with Gasteiger partial charge in [-0.05, 0) is 37.1 Å². The monoisotopic (exact) mass is 225 g/mol. The van der Waals surface area contributed by atoms with Crippen molar-refractivity contribution in [1.29, 1.82) is 0 Å². The maximum Gasteiger partial charge on any atom is 0.251 e. The lowest BCUT2D eigenvalue weighted by atomic mass is 10.1. The molecule has 0 aliphatic heterocycles. The van der Waals surface area contributed by atoms with Crippen LogP contribution >= 0.6 is 0 Å². The molecule has 2 heteroatoms. The molecule has 0 atom stereocenters. The average molecular weight is 225 g/mol. The van der Waals surface area contributed by atoms with Crippen LogP contribution in [0.5, 0.6) is 0 Å². The minimum Gasteiger partial charge on any atom is -0.352 e. The van der Waals surface area contributed by atoms with Crippen molar-refractivity contribution in [3.8, 4) is 24.7 Å². The molecule has 1 rings (SSSR count). The summed E-state index contributed by atoms with van der Waals surface area (Å²) < 4.78 is 0. The molecular weight excluding hydrogens is 210 g/mol. The Morgan fingerprint density at radius 1 is 1.18 bits per heavy atom. The SMILES string of the molecule is C#CCCCCNC(=O)c1ccc(C#C)cc1. The van der Waals surface area contributed by atoms with Crippen molar-refractivity contribution >= 4 is 5.91 Å². The highest BCUT2D eigenvalue weighted by Gasteiger charge is 2.03. The molecule has 2 nitrogen and oxygen atoms in total. The zero-order valence-corrected chi connectivity index (χ0v) is 9.70. The Morgan fingerprint density at radius 2 is 1.88 bits per heavy atom. The molecule has 17 heavy (non-hydrogen) atoms. The number of unbranched alkanes of at least 4 members (excludes halogenated alkanes) is 2. The van der Waals surface area contributed by atoms with Crippen LogP contribution in [0.15, 0.2) is 24.3 Å². The lowest BCUT2D eigenvalue weighted by Crippen LogP contribution is -2.24. The Kier molecular flexibility index (Phi) is 5.41. The van der Waals surface area contributed by atoms with Gasteiger partial charge in [0.05, 0.1) is 0 Å². The molecule has 0 heterocycles. The summed E-state index contributed by atoms with van der Waals surface area (Å²) >= 11 is 0. The highest BCUT2D eigenvalue weighted by molar-refractivity contribution is 5.94. The molecule has 0 aliphatic carbocycles. The maximum atomic E-state index is 11.7. The zero-order chi connectivity index (χ0) is 12.5. The molecule has 0 spiro atoms. The molecule has 0 saturated carbocycles. The van der Waals surface area contributed by atoms with E-state index in [-0.39, 0.29) is 5.91 Å². The summed E-state index contributed by atoms with van der Waals surface area (Å²) in [7, 11) is 0. The van der Waals surface area contributed by atoms with E-state index in [9.17, 15) is 4.79 Å². The van der Waals surface area contributed by atoms with Gasteiger partial charge in [-0.2, -0.15) is 0 Å². The molecule has 86 valence electrons. The lowest BCUT2D eigenvalue weighted by molar-refractivity contribution is 0.0953. The Bertz CT molecular complexity index is 445. The Morgan fingerprint density at radius 3 is 2.47 bits per heavy atom. The summed E-state index contributed by atoms with van der Waals surface area (Å²) in [6.45, 7) is 0.650. The molecule has 0 saturated heterocycles. The van der Waals surface area contributed by atoms with Crippen molar-refractivity contribution in [3.63, 3.8) is 0 Å². The number of rotatable bonds is 5. The van der Waals surface area contributed by atoms with Gasteiger partial charge in [0.15, 0.2) is 0 Å². The van der Waals surface area contributed by atoms with Crippen LogP contribution in [0.25, 0.3) is 0 Å². The predicted molar refractivity (Wildman–Crippen MR) is 69.4 cm³/mol. The highest BCUT2D eigenvalue weighted by atomic mass is 16.1. The second-order valence-electron chi connectivity index (χ2n) is 3.64. The van der Waals surface area contributed by atoms with Crippen molar-refractivity contribution in [2.75, 3.05) is 6.54 Å². The second-order valence-corrected chi connectivity index (χ2v) is 3.64. The van der Waals surface area contributed by atoms with E-state index in [0.717, 1.165) is 24.8 Å². The summed E-state index contributed by atoms with van der Waals surface area (Å²) in [5.74, 6) is 5.00. The van der Waals surface area contributed by atoms with Gasteiger partial charge in [0.1, 0.15) is 0 Å². The van der Waals surface area contributed by atoms with Gasteiger partial charge in [-0.25, -0.2) is 0 Å². The first kappa shape index (κ1) is 12.9. The number of hydrogen-bond acceptors (Lipinski definition) is 1.